The first-order valence-electron chi connectivity index (χ1n) is 10.5. The number of aromatic nitrogens is 4. The van der Waals surface area contributed by atoms with Crippen LogP contribution < -0.4 is 4.74 Å². The lowest BCUT2D eigenvalue weighted by atomic mass is 10.1. The van der Waals surface area contributed by atoms with Crippen molar-refractivity contribution in [2.45, 2.75) is 24.2 Å². The highest BCUT2D eigenvalue weighted by molar-refractivity contribution is 7.98. The summed E-state index contributed by atoms with van der Waals surface area (Å²) in [6, 6.07) is 15.1. The zero-order valence-electron chi connectivity index (χ0n) is 18.9. The molecule has 0 aliphatic carbocycles. The number of ether oxygens (including phenoxy) is 3. The fourth-order valence-corrected chi connectivity index (χ4v) is 4.47. The summed E-state index contributed by atoms with van der Waals surface area (Å²) in [7, 11) is 3.22. The minimum atomic E-state index is -0.543. The highest BCUT2D eigenvalue weighted by atomic mass is 35.5. The van der Waals surface area contributed by atoms with Crippen LogP contribution >= 0.6 is 23.4 Å². The topological polar surface area (TPSA) is 87.8 Å². The summed E-state index contributed by atoms with van der Waals surface area (Å²) in [6.07, 6.45) is 0. The third kappa shape index (κ3) is 5.01. The van der Waals surface area contributed by atoms with Crippen LogP contribution in [0.5, 0.6) is 5.75 Å². The van der Waals surface area contributed by atoms with Gasteiger partial charge in [0.05, 0.1) is 37.3 Å². The van der Waals surface area contributed by atoms with Crippen LogP contribution in [0.4, 0.5) is 0 Å². The van der Waals surface area contributed by atoms with Gasteiger partial charge in [0.15, 0.2) is 11.3 Å². The van der Waals surface area contributed by atoms with Crippen LogP contribution in [0.3, 0.4) is 0 Å². The van der Waals surface area contributed by atoms with Gasteiger partial charge in [0.2, 0.25) is 0 Å². The molecule has 0 bridgehead atoms. The lowest BCUT2D eigenvalue weighted by Crippen LogP contribution is -2.16. The molecule has 0 amide bonds. The molecule has 0 saturated carbocycles. The molecule has 0 aliphatic heterocycles. The largest absolute Gasteiger partial charge is 0.497 e. The van der Waals surface area contributed by atoms with Gasteiger partial charge in [-0.1, -0.05) is 23.7 Å². The number of esters is 1. The second-order valence-corrected chi connectivity index (χ2v) is 8.66. The molecule has 0 aliphatic rings. The molecule has 0 unspecified atom stereocenters. The zero-order valence-corrected chi connectivity index (χ0v) is 20.5. The molecule has 176 valence electrons. The Labute approximate surface area is 206 Å². The summed E-state index contributed by atoms with van der Waals surface area (Å²) in [4.78, 5) is 13.7. The van der Waals surface area contributed by atoms with E-state index in [0.29, 0.717) is 27.8 Å². The van der Waals surface area contributed by atoms with E-state index in [1.807, 2.05) is 48.5 Å². The Morgan fingerprint density at radius 2 is 1.79 bits per heavy atom. The predicted molar refractivity (Wildman–Crippen MR) is 130 cm³/mol. The lowest BCUT2D eigenvalue weighted by molar-refractivity contribution is 0.0516. The Bertz CT molecular complexity index is 1290. The third-order valence-corrected chi connectivity index (χ3v) is 6.30. The summed E-state index contributed by atoms with van der Waals surface area (Å²) in [5.41, 5.74) is 3.59. The molecule has 2 heterocycles. The van der Waals surface area contributed by atoms with Crippen molar-refractivity contribution in [1.29, 1.82) is 0 Å². The quantitative estimate of drug-likeness (QED) is 0.233. The third-order valence-electron chi connectivity index (χ3n) is 5.02. The smallest absolute Gasteiger partial charge is 0.360 e. The molecule has 34 heavy (non-hydrogen) atoms. The maximum atomic E-state index is 12.7. The first-order valence-corrected chi connectivity index (χ1v) is 11.9. The van der Waals surface area contributed by atoms with Crippen LogP contribution in [0.2, 0.25) is 5.02 Å². The van der Waals surface area contributed by atoms with Crippen LogP contribution in [0.15, 0.2) is 53.4 Å². The average molecular weight is 499 g/mol. The Morgan fingerprint density at radius 3 is 2.44 bits per heavy atom. The van der Waals surface area contributed by atoms with Crippen molar-refractivity contribution in [2.24, 2.45) is 0 Å². The van der Waals surface area contributed by atoms with Crippen molar-refractivity contribution in [3.05, 3.63) is 70.6 Å². The number of benzene rings is 2. The average Bonchev–Trinajstić information content (AvgIpc) is 3.22. The van der Waals surface area contributed by atoms with Crippen LogP contribution in [0, 0.1) is 0 Å². The van der Waals surface area contributed by atoms with E-state index in [1.54, 1.807) is 25.7 Å². The van der Waals surface area contributed by atoms with Crippen molar-refractivity contribution in [1.82, 2.24) is 19.8 Å². The van der Waals surface area contributed by atoms with Gasteiger partial charge in [0.1, 0.15) is 5.75 Å². The first-order chi connectivity index (χ1) is 16.5. The Morgan fingerprint density at radius 1 is 1.06 bits per heavy atom. The normalized spacial score (nSPS) is 11.1. The molecule has 10 heteroatoms. The molecule has 2 aromatic carbocycles. The number of carbonyl (C=O) groups is 1. The molecule has 0 saturated heterocycles. The second-order valence-electron chi connectivity index (χ2n) is 7.18. The SMILES string of the molecule is CCOC(=O)c1nnc2c(-c3ccc(OC)cc3)c(COC)nn2c1CSc1ccc(Cl)cc1. The van der Waals surface area contributed by atoms with Crippen molar-refractivity contribution in [3.8, 4) is 16.9 Å². The van der Waals surface area contributed by atoms with Crippen molar-refractivity contribution < 1.29 is 19.0 Å². The number of hydrogen-bond acceptors (Lipinski definition) is 8. The van der Waals surface area contributed by atoms with Crippen molar-refractivity contribution in [2.75, 3.05) is 20.8 Å². The molecular formula is C24H23ClN4O4S. The minimum absolute atomic E-state index is 0.128. The number of nitrogens with zero attached hydrogens (tertiary/aromatic N) is 4. The van der Waals surface area contributed by atoms with Gasteiger partial charge in [0.25, 0.3) is 0 Å². The van der Waals surface area contributed by atoms with Crippen LogP contribution in [-0.2, 0) is 21.8 Å². The van der Waals surface area contributed by atoms with E-state index in [1.165, 1.54) is 11.8 Å². The van der Waals surface area contributed by atoms with Gasteiger partial charge in [-0.05, 0) is 48.9 Å². The number of carbonyl (C=O) groups excluding carboxylic acids is 1. The maximum Gasteiger partial charge on any atom is 0.360 e. The monoisotopic (exact) mass is 498 g/mol. The van der Waals surface area contributed by atoms with Crippen LogP contribution in [-0.4, -0.2) is 46.6 Å². The van der Waals surface area contributed by atoms with E-state index in [0.717, 1.165) is 21.8 Å². The van der Waals surface area contributed by atoms with Gasteiger partial charge >= 0.3 is 5.97 Å². The highest BCUT2D eigenvalue weighted by Crippen LogP contribution is 2.32. The van der Waals surface area contributed by atoms with E-state index in [2.05, 4.69) is 10.2 Å². The van der Waals surface area contributed by atoms with Gasteiger partial charge in [-0.15, -0.1) is 22.0 Å². The summed E-state index contributed by atoms with van der Waals surface area (Å²) >= 11 is 7.55. The molecule has 0 atom stereocenters. The second kappa shape index (κ2) is 10.9. The number of hydrogen-bond donors (Lipinski definition) is 0. The number of methoxy groups -OCH3 is 2. The summed E-state index contributed by atoms with van der Waals surface area (Å²) in [5.74, 6) is 0.612. The number of rotatable bonds is 9. The predicted octanol–water partition coefficient (Wildman–Crippen LogP) is 5.07. The van der Waals surface area contributed by atoms with Crippen molar-refractivity contribution in [3.63, 3.8) is 0 Å². The van der Waals surface area contributed by atoms with Crippen molar-refractivity contribution >= 4 is 35.0 Å². The molecule has 2 aromatic heterocycles. The molecule has 4 aromatic rings. The van der Waals surface area contributed by atoms with Gasteiger partial charge in [-0.25, -0.2) is 9.31 Å². The fraction of sp³-hybridized carbons (Fsp3) is 0.250. The van der Waals surface area contributed by atoms with E-state index >= 15 is 0 Å². The van der Waals surface area contributed by atoms with Gasteiger partial charge in [0, 0.05) is 22.8 Å². The number of thioether (sulfide) groups is 1. The summed E-state index contributed by atoms with van der Waals surface area (Å²) in [5, 5.41) is 14.1. The molecule has 0 spiro atoms. The fourth-order valence-electron chi connectivity index (χ4n) is 3.45. The Kier molecular flexibility index (Phi) is 7.66. The Hall–Kier alpha value is -3.14. The van der Waals surface area contributed by atoms with Gasteiger partial charge in [-0.2, -0.15) is 5.10 Å². The van der Waals surface area contributed by atoms with Crippen LogP contribution in [0.25, 0.3) is 16.8 Å². The minimum Gasteiger partial charge on any atom is -0.497 e. The summed E-state index contributed by atoms with van der Waals surface area (Å²) < 4.78 is 17.6. The van der Waals surface area contributed by atoms with E-state index < -0.39 is 5.97 Å². The number of halogens is 1. The summed E-state index contributed by atoms with van der Waals surface area (Å²) in [6.45, 7) is 2.25. The van der Waals surface area contributed by atoms with E-state index in [9.17, 15) is 4.79 Å². The van der Waals surface area contributed by atoms with Gasteiger partial charge < -0.3 is 14.2 Å². The van der Waals surface area contributed by atoms with E-state index in [4.69, 9.17) is 30.9 Å². The maximum absolute atomic E-state index is 12.7. The molecule has 0 N–H and O–H groups in total. The van der Waals surface area contributed by atoms with E-state index in [-0.39, 0.29) is 18.9 Å². The highest BCUT2D eigenvalue weighted by Gasteiger charge is 2.24. The lowest BCUT2D eigenvalue weighted by Gasteiger charge is -2.10. The molecular weight excluding hydrogens is 476 g/mol. The molecule has 0 radical (unpaired) electrons. The first kappa shape index (κ1) is 24.0. The molecule has 4 rings (SSSR count). The Balaban J connectivity index is 1.85. The standard InChI is InChI=1S/C24H23ClN4O4S/c1-4-33-24(30)22-20(14-34-18-11-7-16(25)8-12-18)29-23(27-26-22)21(19(28-29)13-31-2)15-5-9-17(32-3)10-6-15/h5-12H,4,13-14H2,1-3H3. The number of fused-ring (bicyclic) bond motifs is 1. The molecule has 8 nitrogen and oxygen atoms in total. The zero-order chi connectivity index (χ0) is 24.1. The van der Waals surface area contributed by atoms with Gasteiger partial charge in [-0.3, -0.25) is 0 Å². The molecule has 0 fully saturated rings. The van der Waals surface area contributed by atoms with Crippen LogP contribution in [0.1, 0.15) is 28.8 Å².